The molecule has 1 heterocycles. The lowest BCUT2D eigenvalue weighted by molar-refractivity contribution is -0.0187. The van der Waals surface area contributed by atoms with Crippen LogP contribution in [0.1, 0.15) is 45.4 Å². The molecule has 2 aliphatic rings. The summed E-state index contributed by atoms with van der Waals surface area (Å²) in [6, 6.07) is 0.258. The smallest absolute Gasteiger partial charge is 0.317 e. The van der Waals surface area contributed by atoms with Gasteiger partial charge >= 0.3 is 6.03 Å². The maximum Gasteiger partial charge on any atom is 0.317 e. The van der Waals surface area contributed by atoms with E-state index >= 15 is 0 Å². The molecule has 1 unspecified atom stereocenters. The number of aliphatic hydroxyl groups is 1. The highest BCUT2D eigenvalue weighted by Gasteiger charge is 2.26. The molecule has 0 spiro atoms. The highest BCUT2D eigenvalue weighted by Crippen LogP contribution is 2.19. The van der Waals surface area contributed by atoms with E-state index in [0.29, 0.717) is 19.7 Å². The first-order valence-corrected chi connectivity index (χ1v) is 7.54. The van der Waals surface area contributed by atoms with Crippen molar-refractivity contribution >= 4 is 6.03 Å². The van der Waals surface area contributed by atoms with Crippen LogP contribution in [0.5, 0.6) is 0 Å². The number of ether oxygens (including phenoxy) is 1. The van der Waals surface area contributed by atoms with Crippen LogP contribution in [0.25, 0.3) is 0 Å². The SMILES string of the molecule is CCCC1CN(C(=O)NC2CCC(O)CC2)CCO1. The van der Waals surface area contributed by atoms with Crippen molar-refractivity contribution in [2.24, 2.45) is 0 Å². The van der Waals surface area contributed by atoms with Crippen LogP contribution in [0.4, 0.5) is 4.79 Å². The lowest BCUT2D eigenvalue weighted by atomic mass is 9.93. The minimum Gasteiger partial charge on any atom is -0.393 e. The Morgan fingerprint density at radius 1 is 1.37 bits per heavy atom. The third-order valence-electron chi connectivity index (χ3n) is 4.06. The van der Waals surface area contributed by atoms with E-state index in [1.807, 2.05) is 4.90 Å². The number of nitrogens with one attached hydrogen (secondary N) is 1. The Morgan fingerprint density at radius 2 is 2.11 bits per heavy atom. The fraction of sp³-hybridized carbons (Fsp3) is 0.929. The van der Waals surface area contributed by atoms with Gasteiger partial charge in [-0.2, -0.15) is 0 Å². The zero-order valence-electron chi connectivity index (χ0n) is 11.8. The van der Waals surface area contributed by atoms with Crippen molar-refractivity contribution in [2.75, 3.05) is 19.7 Å². The van der Waals surface area contributed by atoms with Gasteiger partial charge in [0.2, 0.25) is 0 Å². The van der Waals surface area contributed by atoms with Gasteiger partial charge in [-0.1, -0.05) is 13.3 Å². The predicted molar refractivity (Wildman–Crippen MR) is 73.0 cm³/mol. The first-order chi connectivity index (χ1) is 9.19. The van der Waals surface area contributed by atoms with Gasteiger partial charge in [0.25, 0.3) is 0 Å². The quantitative estimate of drug-likeness (QED) is 0.817. The van der Waals surface area contributed by atoms with Crippen molar-refractivity contribution in [3.05, 3.63) is 0 Å². The summed E-state index contributed by atoms with van der Waals surface area (Å²) in [6.45, 7) is 4.16. The number of rotatable bonds is 3. The monoisotopic (exact) mass is 270 g/mol. The average Bonchev–Trinajstić information content (AvgIpc) is 2.42. The number of nitrogens with zero attached hydrogens (tertiary/aromatic N) is 1. The van der Waals surface area contributed by atoms with Crippen molar-refractivity contribution in [3.8, 4) is 0 Å². The number of hydrogen-bond donors (Lipinski definition) is 2. The summed E-state index contributed by atoms with van der Waals surface area (Å²) in [5.41, 5.74) is 0. The zero-order chi connectivity index (χ0) is 13.7. The van der Waals surface area contributed by atoms with Gasteiger partial charge < -0.3 is 20.1 Å². The van der Waals surface area contributed by atoms with Gasteiger partial charge in [0, 0.05) is 19.1 Å². The summed E-state index contributed by atoms with van der Waals surface area (Å²) in [4.78, 5) is 14.1. The standard InChI is InChI=1S/C14H26N2O3/c1-2-3-13-10-16(8-9-19-13)14(18)15-11-4-6-12(17)7-5-11/h11-13,17H,2-10H2,1H3,(H,15,18). The molecule has 1 aliphatic heterocycles. The minimum absolute atomic E-state index is 0.0331. The minimum atomic E-state index is -0.175. The molecule has 0 bridgehead atoms. The number of morpholine rings is 1. The van der Waals surface area contributed by atoms with E-state index in [1.54, 1.807) is 0 Å². The molecule has 5 heteroatoms. The number of carbonyl (C=O) groups excluding carboxylic acids is 1. The van der Waals surface area contributed by atoms with Crippen LogP contribution in [0.2, 0.25) is 0 Å². The summed E-state index contributed by atoms with van der Waals surface area (Å²) in [7, 11) is 0. The molecule has 19 heavy (non-hydrogen) atoms. The second-order valence-electron chi connectivity index (χ2n) is 5.68. The molecule has 2 fully saturated rings. The van der Waals surface area contributed by atoms with Gasteiger partial charge in [0.1, 0.15) is 0 Å². The third kappa shape index (κ3) is 4.35. The summed E-state index contributed by atoms with van der Waals surface area (Å²) >= 11 is 0. The predicted octanol–water partition coefficient (Wildman–Crippen LogP) is 1.50. The molecular formula is C14H26N2O3. The number of hydrogen-bond acceptors (Lipinski definition) is 3. The van der Waals surface area contributed by atoms with Gasteiger partial charge in [-0.25, -0.2) is 4.79 Å². The van der Waals surface area contributed by atoms with E-state index in [2.05, 4.69) is 12.2 Å². The Kier molecular flexibility index (Phi) is 5.45. The van der Waals surface area contributed by atoms with Gasteiger partial charge in [0.05, 0.1) is 18.8 Å². The van der Waals surface area contributed by atoms with E-state index in [0.717, 1.165) is 38.5 Å². The molecular weight excluding hydrogens is 244 g/mol. The molecule has 2 amide bonds. The van der Waals surface area contributed by atoms with Gasteiger partial charge in [0.15, 0.2) is 0 Å². The van der Waals surface area contributed by atoms with Crippen molar-refractivity contribution in [2.45, 2.75) is 63.7 Å². The highest BCUT2D eigenvalue weighted by molar-refractivity contribution is 5.74. The second-order valence-corrected chi connectivity index (χ2v) is 5.68. The molecule has 1 atom stereocenters. The van der Waals surface area contributed by atoms with E-state index in [9.17, 15) is 9.90 Å². The maximum atomic E-state index is 12.2. The molecule has 0 radical (unpaired) electrons. The van der Waals surface area contributed by atoms with E-state index < -0.39 is 0 Å². The topological polar surface area (TPSA) is 61.8 Å². The van der Waals surface area contributed by atoms with Gasteiger partial charge in [-0.3, -0.25) is 0 Å². The average molecular weight is 270 g/mol. The second kappa shape index (κ2) is 7.10. The first kappa shape index (κ1) is 14.6. The fourth-order valence-electron chi connectivity index (χ4n) is 2.89. The molecule has 5 nitrogen and oxygen atoms in total. The maximum absolute atomic E-state index is 12.2. The van der Waals surface area contributed by atoms with Crippen molar-refractivity contribution in [1.29, 1.82) is 0 Å². The van der Waals surface area contributed by atoms with Crippen molar-refractivity contribution in [3.63, 3.8) is 0 Å². The van der Waals surface area contributed by atoms with Crippen LogP contribution < -0.4 is 5.32 Å². The molecule has 2 N–H and O–H groups in total. The number of aliphatic hydroxyl groups excluding tert-OH is 1. The first-order valence-electron chi connectivity index (χ1n) is 7.54. The van der Waals surface area contributed by atoms with Crippen LogP contribution in [0.3, 0.4) is 0 Å². The molecule has 1 aliphatic carbocycles. The van der Waals surface area contributed by atoms with Crippen LogP contribution in [0, 0.1) is 0 Å². The van der Waals surface area contributed by atoms with E-state index in [-0.39, 0.29) is 24.3 Å². The Balaban J connectivity index is 1.76. The molecule has 0 aromatic carbocycles. The Hall–Kier alpha value is -0.810. The molecule has 1 saturated carbocycles. The van der Waals surface area contributed by atoms with Crippen LogP contribution in [-0.2, 0) is 4.74 Å². The van der Waals surface area contributed by atoms with E-state index in [1.165, 1.54) is 0 Å². The summed E-state index contributed by atoms with van der Waals surface area (Å²) < 4.78 is 5.65. The normalized spacial score (nSPS) is 32.1. The van der Waals surface area contributed by atoms with E-state index in [4.69, 9.17) is 4.74 Å². The number of amides is 2. The summed E-state index contributed by atoms with van der Waals surface area (Å²) in [5.74, 6) is 0. The number of carbonyl (C=O) groups is 1. The van der Waals surface area contributed by atoms with Crippen LogP contribution in [0.15, 0.2) is 0 Å². The summed E-state index contributed by atoms with van der Waals surface area (Å²) in [6.07, 6.45) is 5.48. The van der Waals surface area contributed by atoms with Crippen LogP contribution >= 0.6 is 0 Å². The zero-order valence-corrected chi connectivity index (χ0v) is 11.8. The Labute approximate surface area is 115 Å². The van der Waals surface area contributed by atoms with Crippen molar-refractivity contribution in [1.82, 2.24) is 10.2 Å². The number of urea groups is 1. The summed E-state index contributed by atoms with van der Waals surface area (Å²) in [5, 5.41) is 12.6. The Bertz CT molecular complexity index is 288. The van der Waals surface area contributed by atoms with Gasteiger partial charge in [-0.15, -0.1) is 0 Å². The van der Waals surface area contributed by atoms with Crippen molar-refractivity contribution < 1.29 is 14.6 Å². The third-order valence-corrected chi connectivity index (χ3v) is 4.06. The highest BCUT2D eigenvalue weighted by atomic mass is 16.5. The molecule has 110 valence electrons. The molecule has 0 aromatic rings. The molecule has 2 rings (SSSR count). The molecule has 1 saturated heterocycles. The lowest BCUT2D eigenvalue weighted by Gasteiger charge is -2.35. The largest absolute Gasteiger partial charge is 0.393 e. The fourth-order valence-corrected chi connectivity index (χ4v) is 2.89. The lowest BCUT2D eigenvalue weighted by Crippen LogP contribution is -2.52. The molecule has 0 aromatic heterocycles. The van der Waals surface area contributed by atoms with Crippen LogP contribution in [-0.4, -0.2) is 54.0 Å². The van der Waals surface area contributed by atoms with Gasteiger partial charge in [-0.05, 0) is 32.1 Å². The Morgan fingerprint density at radius 3 is 2.79 bits per heavy atom.